The van der Waals surface area contributed by atoms with Gasteiger partial charge in [0.2, 0.25) is 5.91 Å². The maximum absolute atomic E-state index is 12.3. The van der Waals surface area contributed by atoms with Crippen LogP contribution in [0.2, 0.25) is 5.04 Å². The fourth-order valence-corrected chi connectivity index (χ4v) is 10.1. The van der Waals surface area contributed by atoms with Crippen LogP contribution in [0.1, 0.15) is 34.1 Å². The summed E-state index contributed by atoms with van der Waals surface area (Å²) in [5.41, 5.74) is 0. The summed E-state index contributed by atoms with van der Waals surface area (Å²) in [6.45, 7) is 8.42. The van der Waals surface area contributed by atoms with E-state index in [2.05, 4.69) is 71.6 Å². The van der Waals surface area contributed by atoms with Gasteiger partial charge in [-0.25, -0.2) is 4.79 Å². The van der Waals surface area contributed by atoms with E-state index in [1.807, 2.05) is 36.4 Å². The molecule has 10 heteroatoms. The quantitative estimate of drug-likeness (QED) is 0.362. The Labute approximate surface area is 227 Å². The number of rotatable bonds is 8. The van der Waals surface area contributed by atoms with E-state index in [1.54, 1.807) is 14.0 Å². The maximum atomic E-state index is 12.3. The molecule has 0 radical (unpaired) electrons. The molecule has 0 saturated carbocycles. The number of carbonyl (C=O) groups excluding carboxylic acids is 2. The van der Waals surface area contributed by atoms with Crippen LogP contribution >= 0.6 is 15.9 Å². The van der Waals surface area contributed by atoms with Crippen LogP contribution in [0.3, 0.4) is 0 Å². The van der Waals surface area contributed by atoms with Gasteiger partial charge in [-0.3, -0.25) is 10.1 Å². The third-order valence-electron chi connectivity index (χ3n) is 7.03. The van der Waals surface area contributed by atoms with Gasteiger partial charge in [-0.2, -0.15) is 0 Å². The number of imide groups is 1. The van der Waals surface area contributed by atoms with Crippen molar-refractivity contribution in [3.8, 4) is 0 Å². The van der Waals surface area contributed by atoms with Crippen LogP contribution in [0.15, 0.2) is 60.7 Å². The Balaban J connectivity index is 1.67. The SMILES string of the molecule is COC1C[C@H](O[Si](c2ccccc2)(c2ccccc2)C(C)(C)C)[C@@H](COC2NC(=O)NC(=O)C2(C)Br)O1. The van der Waals surface area contributed by atoms with E-state index < -0.39 is 43.2 Å². The van der Waals surface area contributed by atoms with Crippen LogP contribution in [0.5, 0.6) is 0 Å². The van der Waals surface area contributed by atoms with Gasteiger partial charge in [0.25, 0.3) is 8.32 Å². The molecule has 200 valence electrons. The highest BCUT2D eigenvalue weighted by molar-refractivity contribution is 9.10. The highest BCUT2D eigenvalue weighted by Crippen LogP contribution is 2.40. The molecule has 0 bridgehead atoms. The number of methoxy groups -OCH3 is 1. The predicted molar refractivity (Wildman–Crippen MR) is 147 cm³/mol. The van der Waals surface area contributed by atoms with Gasteiger partial charge in [-0.1, -0.05) is 97.4 Å². The van der Waals surface area contributed by atoms with Crippen molar-refractivity contribution in [1.82, 2.24) is 10.6 Å². The van der Waals surface area contributed by atoms with E-state index in [1.165, 1.54) is 10.4 Å². The smallest absolute Gasteiger partial charge is 0.323 e. The Morgan fingerprint density at radius 1 is 1.05 bits per heavy atom. The van der Waals surface area contributed by atoms with E-state index >= 15 is 0 Å². The summed E-state index contributed by atoms with van der Waals surface area (Å²) >= 11 is 3.40. The Morgan fingerprint density at radius 3 is 2.14 bits per heavy atom. The van der Waals surface area contributed by atoms with Gasteiger partial charge in [-0.05, 0) is 22.3 Å². The standard InChI is InChI=1S/C27H35BrN2O6Si/c1-26(2,3)37(18-12-8-6-9-13-18,19-14-10-7-11-15-19)36-20-16-22(33-5)35-21(20)17-34-24-27(4,28)23(31)29-25(32)30-24/h6-15,20-22,24H,16-17H2,1-5H3,(H2,29,30,31,32)/t20-,21+,22?,24?,27?/m0/s1. The average Bonchev–Trinajstić information content (AvgIpc) is 3.26. The second-order valence-electron chi connectivity index (χ2n) is 10.6. The van der Waals surface area contributed by atoms with Crippen molar-refractivity contribution < 1.29 is 28.2 Å². The maximum Gasteiger partial charge on any atom is 0.323 e. The zero-order valence-corrected chi connectivity index (χ0v) is 24.4. The molecule has 37 heavy (non-hydrogen) atoms. The molecule has 3 unspecified atom stereocenters. The third kappa shape index (κ3) is 5.55. The van der Waals surface area contributed by atoms with E-state index in [0.717, 1.165) is 0 Å². The number of urea groups is 1. The minimum atomic E-state index is -2.85. The third-order valence-corrected chi connectivity index (χ3v) is 12.9. The van der Waals surface area contributed by atoms with Crippen LogP contribution in [0.4, 0.5) is 4.79 Å². The number of nitrogens with one attached hydrogen (secondary N) is 2. The lowest BCUT2D eigenvalue weighted by atomic mass is 10.1. The van der Waals surface area contributed by atoms with Crippen molar-refractivity contribution in [2.75, 3.05) is 13.7 Å². The van der Waals surface area contributed by atoms with Gasteiger partial charge in [0, 0.05) is 13.5 Å². The van der Waals surface area contributed by atoms with Gasteiger partial charge >= 0.3 is 6.03 Å². The fraction of sp³-hybridized carbons (Fsp3) is 0.481. The molecule has 4 rings (SSSR count). The van der Waals surface area contributed by atoms with Crippen molar-refractivity contribution in [3.05, 3.63) is 60.7 Å². The number of amides is 3. The van der Waals surface area contributed by atoms with Gasteiger partial charge in [0.05, 0.1) is 12.7 Å². The van der Waals surface area contributed by atoms with Crippen molar-refractivity contribution >= 4 is 46.6 Å². The predicted octanol–water partition coefficient (Wildman–Crippen LogP) is 3.03. The van der Waals surface area contributed by atoms with Crippen LogP contribution in [0.25, 0.3) is 0 Å². The van der Waals surface area contributed by atoms with Gasteiger partial charge in [0.15, 0.2) is 12.5 Å². The minimum Gasteiger partial charge on any atom is -0.402 e. The largest absolute Gasteiger partial charge is 0.402 e. The van der Waals surface area contributed by atoms with E-state index in [-0.39, 0.29) is 17.7 Å². The number of alkyl halides is 1. The Hall–Kier alpha value is -2.08. The molecule has 0 aromatic heterocycles. The first-order chi connectivity index (χ1) is 17.5. The lowest BCUT2D eigenvalue weighted by Gasteiger charge is -2.45. The molecule has 2 aliphatic rings. The molecule has 2 N–H and O–H groups in total. The molecular formula is C27H35BrN2O6Si. The molecule has 2 heterocycles. The highest BCUT2D eigenvalue weighted by atomic mass is 79.9. The summed E-state index contributed by atoms with van der Waals surface area (Å²) in [7, 11) is -1.25. The number of halogens is 1. The monoisotopic (exact) mass is 590 g/mol. The van der Waals surface area contributed by atoms with E-state index in [4.69, 9.17) is 18.6 Å². The normalized spacial score (nSPS) is 28.6. The van der Waals surface area contributed by atoms with Crippen molar-refractivity contribution in [1.29, 1.82) is 0 Å². The Bertz CT molecular complexity index is 1060. The number of hydrogen-bond donors (Lipinski definition) is 2. The molecule has 2 fully saturated rings. The first-order valence-corrected chi connectivity index (χ1v) is 15.1. The molecule has 0 aliphatic carbocycles. The Kier molecular flexibility index (Phi) is 8.27. The fourth-order valence-electron chi connectivity index (χ4n) is 5.04. The molecule has 2 aromatic carbocycles. The van der Waals surface area contributed by atoms with Crippen molar-refractivity contribution in [2.45, 2.75) is 68.2 Å². The summed E-state index contributed by atoms with van der Waals surface area (Å²) in [5.74, 6) is -0.469. The lowest BCUT2D eigenvalue weighted by molar-refractivity contribution is -0.147. The van der Waals surface area contributed by atoms with Crippen LogP contribution in [-0.4, -0.2) is 63.0 Å². The summed E-state index contributed by atoms with van der Waals surface area (Å²) in [6.07, 6.45) is -1.63. The van der Waals surface area contributed by atoms with Gasteiger partial charge in [-0.15, -0.1) is 0 Å². The molecule has 2 saturated heterocycles. The summed E-state index contributed by atoms with van der Waals surface area (Å²) < 4.78 is 24.0. The second kappa shape index (κ2) is 11.0. The topological polar surface area (TPSA) is 95.1 Å². The summed E-state index contributed by atoms with van der Waals surface area (Å²) in [4.78, 5) is 24.3. The molecule has 3 amide bonds. The molecule has 2 aliphatic heterocycles. The number of benzene rings is 2. The molecule has 5 atom stereocenters. The van der Waals surface area contributed by atoms with Crippen LogP contribution in [0, 0.1) is 0 Å². The minimum absolute atomic E-state index is 0.0994. The first kappa shape index (κ1) is 27.9. The summed E-state index contributed by atoms with van der Waals surface area (Å²) in [5, 5.41) is 7.03. The average molecular weight is 592 g/mol. The molecule has 8 nitrogen and oxygen atoms in total. The van der Waals surface area contributed by atoms with E-state index in [0.29, 0.717) is 6.42 Å². The van der Waals surface area contributed by atoms with E-state index in [9.17, 15) is 9.59 Å². The lowest BCUT2D eigenvalue weighted by Crippen LogP contribution is -2.68. The zero-order chi connectivity index (χ0) is 26.8. The van der Waals surface area contributed by atoms with Crippen LogP contribution in [-0.2, 0) is 23.4 Å². The van der Waals surface area contributed by atoms with Crippen molar-refractivity contribution in [2.24, 2.45) is 0 Å². The molecular weight excluding hydrogens is 556 g/mol. The van der Waals surface area contributed by atoms with Crippen molar-refractivity contribution in [3.63, 3.8) is 0 Å². The number of hydrogen-bond acceptors (Lipinski definition) is 6. The van der Waals surface area contributed by atoms with Gasteiger partial charge in [0.1, 0.15) is 10.4 Å². The number of ether oxygens (including phenoxy) is 3. The van der Waals surface area contributed by atoms with Gasteiger partial charge < -0.3 is 24.0 Å². The Morgan fingerprint density at radius 2 is 1.62 bits per heavy atom. The molecule has 2 aromatic rings. The zero-order valence-electron chi connectivity index (χ0n) is 21.8. The summed E-state index contributed by atoms with van der Waals surface area (Å²) in [6, 6.07) is 20.2. The highest BCUT2D eigenvalue weighted by Gasteiger charge is 2.54. The number of carbonyl (C=O) groups is 2. The first-order valence-electron chi connectivity index (χ1n) is 12.4. The second-order valence-corrected chi connectivity index (χ2v) is 16.5. The molecule has 0 spiro atoms. The van der Waals surface area contributed by atoms with Crippen LogP contribution < -0.4 is 21.0 Å².